The summed E-state index contributed by atoms with van der Waals surface area (Å²) in [7, 11) is 0. The lowest BCUT2D eigenvalue weighted by atomic mass is 10.1. The van der Waals surface area contributed by atoms with E-state index in [9.17, 15) is 9.59 Å². The molecule has 2 amide bonds. The third-order valence-electron chi connectivity index (χ3n) is 4.65. The summed E-state index contributed by atoms with van der Waals surface area (Å²) in [5.41, 5.74) is 8.29. The van der Waals surface area contributed by atoms with E-state index >= 15 is 0 Å². The van der Waals surface area contributed by atoms with Gasteiger partial charge in [0.05, 0.1) is 0 Å². The number of ether oxygens (including phenoxy) is 1. The van der Waals surface area contributed by atoms with Crippen LogP contribution in [-0.2, 0) is 0 Å². The third kappa shape index (κ3) is 5.31. The van der Waals surface area contributed by atoms with Crippen molar-refractivity contribution < 1.29 is 14.3 Å². The van der Waals surface area contributed by atoms with Crippen molar-refractivity contribution in [2.24, 2.45) is 0 Å². The van der Waals surface area contributed by atoms with Gasteiger partial charge in [-0.05, 0) is 78.9 Å². The molecule has 0 radical (unpaired) electrons. The standard InChI is InChI=1S/C26H21N3O3/c27-20-11-9-18(10-12-20)25(30)29-22-6-4-5-19(17-22)26(31)28-21-13-15-24(16-14-21)32-23-7-2-1-3-8-23/h1-17H,27H2,(H,28,31)(H,29,30). The van der Waals surface area contributed by atoms with Crippen LogP contribution in [0.4, 0.5) is 17.1 Å². The number of nitrogens with two attached hydrogens (primary N) is 1. The van der Waals surface area contributed by atoms with Gasteiger partial charge < -0.3 is 21.1 Å². The van der Waals surface area contributed by atoms with Crippen LogP contribution < -0.4 is 21.1 Å². The molecule has 6 heteroatoms. The zero-order chi connectivity index (χ0) is 22.3. The Morgan fingerprint density at radius 2 is 1.22 bits per heavy atom. The van der Waals surface area contributed by atoms with E-state index in [1.807, 2.05) is 30.3 Å². The van der Waals surface area contributed by atoms with Gasteiger partial charge in [0.15, 0.2) is 0 Å². The monoisotopic (exact) mass is 423 g/mol. The minimum absolute atomic E-state index is 0.281. The van der Waals surface area contributed by atoms with Crippen LogP contribution in [0.3, 0.4) is 0 Å². The van der Waals surface area contributed by atoms with Crippen molar-refractivity contribution in [3.63, 3.8) is 0 Å². The van der Waals surface area contributed by atoms with Gasteiger partial charge >= 0.3 is 0 Å². The van der Waals surface area contributed by atoms with Crippen LogP contribution in [0.5, 0.6) is 11.5 Å². The van der Waals surface area contributed by atoms with Crippen LogP contribution in [-0.4, -0.2) is 11.8 Å². The fraction of sp³-hybridized carbons (Fsp3) is 0. The van der Waals surface area contributed by atoms with Crippen LogP contribution >= 0.6 is 0 Å². The van der Waals surface area contributed by atoms with Crippen LogP contribution in [0.2, 0.25) is 0 Å². The molecule has 0 aliphatic rings. The molecular weight excluding hydrogens is 402 g/mol. The van der Waals surface area contributed by atoms with Crippen molar-refractivity contribution in [3.8, 4) is 11.5 Å². The highest BCUT2D eigenvalue weighted by molar-refractivity contribution is 6.07. The number of amides is 2. The van der Waals surface area contributed by atoms with E-state index in [-0.39, 0.29) is 11.8 Å². The normalized spacial score (nSPS) is 10.2. The molecule has 0 saturated heterocycles. The Morgan fingerprint density at radius 1 is 0.594 bits per heavy atom. The second-order valence-electron chi connectivity index (χ2n) is 7.05. The molecule has 0 fully saturated rings. The van der Waals surface area contributed by atoms with Gasteiger partial charge in [0.1, 0.15) is 11.5 Å². The highest BCUT2D eigenvalue weighted by Crippen LogP contribution is 2.23. The first kappa shape index (κ1) is 20.7. The molecule has 158 valence electrons. The molecule has 0 atom stereocenters. The molecule has 4 N–H and O–H groups in total. The second kappa shape index (κ2) is 9.49. The molecule has 0 spiro atoms. The van der Waals surface area contributed by atoms with E-state index in [1.54, 1.807) is 72.8 Å². The van der Waals surface area contributed by atoms with Crippen LogP contribution in [0.25, 0.3) is 0 Å². The predicted octanol–water partition coefficient (Wildman–Crippen LogP) is 5.57. The van der Waals surface area contributed by atoms with E-state index in [1.165, 1.54) is 0 Å². The van der Waals surface area contributed by atoms with E-state index < -0.39 is 0 Å². The number of hydrogen-bond donors (Lipinski definition) is 3. The smallest absolute Gasteiger partial charge is 0.255 e. The molecule has 6 nitrogen and oxygen atoms in total. The van der Waals surface area contributed by atoms with E-state index in [0.717, 1.165) is 5.75 Å². The van der Waals surface area contributed by atoms with Crippen LogP contribution in [0, 0.1) is 0 Å². The van der Waals surface area contributed by atoms with E-state index in [4.69, 9.17) is 10.5 Å². The number of carbonyl (C=O) groups excluding carboxylic acids is 2. The topological polar surface area (TPSA) is 93.5 Å². The number of carbonyl (C=O) groups is 2. The number of anilines is 3. The van der Waals surface area contributed by atoms with Gasteiger partial charge in [-0.25, -0.2) is 0 Å². The maximum atomic E-state index is 12.7. The first-order chi connectivity index (χ1) is 15.6. The van der Waals surface area contributed by atoms with Gasteiger partial charge in [-0.15, -0.1) is 0 Å². The Kier molecular flexibility index (Phi) is 6.13. The number of hydrogen-bond acceptors (Lipinski definition) is 4. The molecule has 0 saturated carbocycles. The third-order valence-corrected chi connectivity index (χ3v) is 4.65. The van der Waals surface area contributed by atoms with Crippen molar-refractivity contribution >= 4 is 28.9 Å². The molecule has 0 unspecified atom stereocenters. The van der Waals surface area contributed by atoms with Gasteiger partial charge in [0, 0.05) is 28.2 Å². The maximum absolute atomic E-state index is 12.7. The Balaban J connectivity index is 1.39. The summed E-state index contributed by atoms with van der Waals surface area (Å²) >= 11 is 0. The minimum atomic E-state index is -0.287. The fourth-order valence-electron chi connectivity index (χ4n) is 3.01. The molecule has 0 aliphatic heterocycles. The van der Waals surface area contributed by atoms with Gasteiger partial charge in [0.25, 0.3) is 11.8 Å². The SMILES string of the molecule is Nc1ccc(C(=O)Nc2cccc(C(=O)Nc3ccc(Oc4ccccc4)cc3)c2)cc1. The van der Waals surface area contributed by atoms with E-state index in [2.05, 4.69) is 10.6 Å². The fourth-order valence-corrected chi connectivity index (χ4v) is 3.01. The van der Waals surface area contributed by atoms with Gasteiger partial charge in [-0.1, -0.05) is 24.3 Å². The predicted molar refractivity (Wildman–Crippen MR) is 126 cm³/mol. The number of benzene rings is 4. The second-order valence-corrected chi connectivity index (χ2v) is 7.05. The highest BCUT2D eigenvalue weighted by Gasteiger charge is 2.10. The van der Waals surface area contributed by atoms with Gasteiger partial charge in [-0.2, -0.15) is 0 Å². The molecule has 4 rings (SSSR count). The Morgan fingerprint density at radius 3 is 1.94 bits per heavy atom. The number of nitrogen functional groups attached to an aromatic ring is 1. The summed E-state index contributed by atoms with van der Waals surface area (Å²) in [6, 6.07) is 29.9. The Labute approximate surface area is 185 Å². The molecule has 0 aromatic heterocycles. The van der Waals surface area contributed by atoms with Crippen molar-refractivity contribution in [1.82, 2.24) is 0 Å². The Bertz CT molecular complexity index is 1220. The average Bonchev–Trinajstić information content (AvgIpc) is 2.81. The summed E-state index contributed by atoms with van der Waals surface area (Å²) in [5.74, 6) is 0.838. The zero-order valence-corrected chi connectivity index (χ0v) is 17.1. The summed E-state index contributed by atoms with van der Waals surface area (Å²) in [4.78, 5) is 25.1. The first-order valence-electron chi connectivity index (χ1n) is 9.98. The summed E-state index contributed by atoms with van der Waals surface area (Å²) in [5, 5.41) is 5.64. The van der Waals surface area contributed by atoms with Crippen molar-refractivity contribution in [2.75, 3.05) is 16.4 Å². The first-order valence-corrected chi connectivity index (χ1v) is 9.98. The van der Waals surface area contributed by atoms with E-state index in [0.29, 0.717) is 33.9 Å². The maximum Gasteiger partial charge on any atom is 0.255 e. The lowest BCUT2D eigenvalue weighted by Crippen LogP contribution is -2.14. The summed E-state index contributed by atoms with van der Waals surface area (Å²) in [6.45, 7) is 0. The zero-order valence-electron chi connectivity index (χ0n) is 17.1. The number of rotatable bonds is 6. The number of nitrogens with one attached hydrogen (secondary N) is 2. The summed E-state index contributed by atoms with van der Waals surface area (Å²) in [6.07, 6.45) is 0. The average molecular weight is 423 g/mol. The molecule has 0 heterocycles. The van der Waals surface area contributed by atoms with Gasteiger partial charge in [-0.3, -0.25) is 9.59 Å². The molecule has 4 aromatic carbocycles. The van der Waals surface area contributed by atoms with Crippen LogP contribution in [0.1, 0.15) is 20.7 Å². The minimum Gasteiger partial charge on any atom is -0.457 e. The van der Waals surface area contributed by atoms with Crippen molar-refractivity contribution in [3.05, 3.63) is 114 Å². The largest absolute Gasteiger partial charge is 0.457 e. The molecular formula is C26H21N3O3. The molecule has 0 aliphatic carbocycles. The highest BCUT2D eigenvalue weighted by atomic mass is 16.5. The lowest BCUT2D eigenvalue weighted by Gasteiger charge is -2.10. The Hall–Kier alpha value is -4.58. The van der Waals surface area contributed by atoms with Crippen molar-refractivity contribution in [1.29, 1.82) is 0 Å². The lowest BCUT2D eigenvalue weighted by molar-refractivity contribution is 0.101. The van der Waals surface area contributed by atoms with Crippen molar-refractivity contribution in [2.45, 2.75) is 0 Å². The molecule has 4 aromatic rings. The molecule has 32 heavy (non-hydrogen) atoms. The van der Waals surface area contributed by atoms with Gasteiger partial charge in [0.2, 0.25) is 0 Å². The molecule has 0 bridgehead atoms. The number of para-hydroxylation sites is 1. The van der Waals surface area contributed by atoms with Crippen LogP contribution in [0.15, 0.2) is 103 Å². The quantitative estimate of drug-likeness (QED) is 0.354. The summed E-state index contributed by atoms with van der Waals surface area (Å²) < 4.78 is 5.76.